The van der Waals surface area contributed by atoms with Crippen molar-refractivity contribution in [3.8, 4) is 0 Å². The van der Waals surface area contributed by atoms with E-state index in [1.54, 1.807) is 0 Å². The van der Waals surface area contributed by atoms with E-state index in [0.29, 0.717) is 0 Å². The molecule has 0 radical (unpaired) electrons. The van der Waals surface area contributed by atoms with Crippen molar-refractivity contribution in [1.29, 1.82) is 0 Å². The first kappa shape index (κ1) is 15.8. The average molecular weight is 312 g/mol. The van der Waals surface area contributed by atoms with E-state index in [4.69, 9.17) is 0 Å². The van der Waals surface area contributed by atoms with Gasteiger partial charge in [0.15, 0.2) is 0 Å². The molecule has 23 heavy (non-hydrogen) atoms. The highest BCUT2D eigenvalue weighted by atomic mass is 15.2. The minimum absolute atomic E-state index is 0.217. The Kier molecular flexibility index (Phi) is 3.78. The molecular weight excluding hydrogens is 284 g/mol. The van der Waals surface area contributed by atoms with Crippen molar-refractivity contribution < 1.29 is 0 Å². The molecule has 0 spiro atoms. The average Bonchev–Trinajstić information content (AvgIpc) is 2.57. The van der Waals surface area contributed by atoms with Gasteiger partial charge < -0.3 is 19.6 Å². The molecule has 3 heterocycles. The minimum Gasteiger partial charge on any atom is -0.378 e. The van der Waals surface area contributed by atoms with Crippen LogP contribution in [0.1, 0.15) is 13.8 Å². The van der Waals surface area contributed by atoms with Crippen LogP contribution in [-0.2, 0) is 0 Å². The van der Waals surface area contributed by atoms with Crippen LogP contribution >= 0.6 is 0 Å². The van der Waals surface area contributed by atoms with Gasteiger partial charge in [-0.1, -0.05) is 13.8 Å². The summed E-state index contributed by atoms with van der Waals surface area (Å²) >= 11 is 0. The molecule has 3 aliphatic heterocycles. The first-order valence-electron chi connectivity index (χ1n) is 8.19. The number of hydrogen-bond acceptors (Lipinski definition) is 4. The van der Waals surface area contributed by atoms with Crippen LogP contribution in [0.2, 0.25) is 0 Å². The van der Waals surface area contributed by atoms with Gasteiger partial charge in [-0.05, 0) is 24.3 Å². The molecule has 0 saturated carbocycles. The van der Waals surface area contributed by atoms with Crippen LogP contribution in [0.25, 0.3) is 0 Å². The van der Waals surface area contributed by atoms with Crippen LogP contribution in [0.15, 0.2) is 59.5 Å². The third-order valence-electron chi connectivity index (χ3n) is 4.53. The predicted molar refractivity (Wildman–Crippen MR) is 96.0 cm³/mol. The second kappa shape index (κ2) is 5.52. The van der Waals surface area contributed by atoms with Gasteiger partial charge in [0.05, 0.1) is 11.4 Å². The molecule has 0 atom stereocenters. The second-order valence-corrected chi connectivity index (χ2v) is 7.75. The third-order valence-corrected chi connectivity index (χ3v) is 4.53. The summed E-state index contributed by atoms with van der Waals surface area (Å²) in [6, 6.07) is 0. The molecule has 0 fully saturated rings. The van der Waals surface area contributed by atoms with Crippen molar-refractivity contribution >= 4 is 0 Å². The van der Waals surface area contributed by atoms with Gasteiger partial charge in [-0.15, -0.1) is 0 Å². The molecule has 0 aromatic carbocycles. The van der Waals surface area contributed by atoms with Gasteiger partial charge in [0, 0.05) is 70.5 Å². The van der Waals surface area contributed by atoms with Crippen LogP contribution in [-0.4, -0.2) is 60.9 Å². The quantitative estimate of drug-likeness (QED) is 0.777. The van der Waals surface area contributed by atoms with Crippen molar-refractivity contribution in [2.45, 2.75) is 13.8 Å². The van der Waals surface area contributed by atoms with E-state index in [1.807, 2.05) is 0 Å². The molecule has 0 amide bonds. The van der Waals surface area contributed by atoms with E-state index < -0.39 is 0 Å². The van der Waals surface area contributed by atoms with E-state index in [-0.39, 0.29) is 5.41 Å². The number of fused-ring (bicyclic) bond motifs is 2. The largest absolute Gasteiger partial charge is 0.378 e. The Morgan fingerprint density at radius 3 is 1.52 bits per heavy atom. The molecule has 0 aliphatic carbocycles. The molecule has 124 valence electrons. The zero-order valence-electron chi connectivity index (χ0n) is 15.2. The summed E-state index contributed by atoms with van der Waals surface area (Å²) in [5.41, 5.74) is 5.25. The zero-order valence-corrected chi connectivity index (χ0v) is 15.2. The molecule has 3 aliphatic rings. The fourth-order valence-corrected chi connectivity index (χ4v) is 3.28. The first-order valence-corrected chi connectivity index (χ1v) is 8.19. The van der Waals surface area contributed by atoms with Crippen molar-refractivity contribution in [2.75, 3.05) is 41.3 Å². The summed E-state index contributed by atoms with van der Waals surface area (Å²) in [5.74, 6) is 0. The van der Waals surface area contributed by atoms with Crippen molar-refractivity contribution in [3.63, 3.8) is 0 Å². The number of likely N-dealkylation sites (N-methyl/N-ethyl adjacent to an activating group) is 2. The van der Waals surface area contributed by atoms with Gasteiger partial charge in [0.25, 0.3) is 0 Å². The van der Waals surface area contributed by atoms with Crippen LogP contribution in [0, 0.1) is 5.41 Å². The van der Waals surface area contributed by atoms with Crippen molar-refractivity contribution in [3.05, 3.63) is 59.5 Å². The van der Waals surface area contributed by atoms with E-state index in [9.17, 15) is 0 Å². The summed E-state index contributed by atoms with van der Waals surface area (Å²) in [7, 11) is 8.38. The zero-order chi connectivity index (χ0) is 16.8. The Morgan fingerprint density at radius 2 is 1.17 bits per heavy atom. The molecule has 0 saturated heterocycles. The molecule has 0 aromatic heterocycles. The monoisotopic (exact) mass is 312 g/mol. The third kappa shape index (κ3) is 3.03. The molecular formula is C19H28N4. The van der Waals surface area contributed by atoms with Gasteiger partial charge >= 0.3 is 0 Å². The Labute approximate surface area is 140 Å². The lowest BCUT2D eigenvalue weighted by atomic mass is 9.92. The summed E-state index contributed by atoms with van der Waals surface area (Å²) in [6.45, 7) is 6.72. The first-order chi connectivity index (χ1) is 10.8. The van der Waals surface area contributed by atoms with Gasteiger partial charge in [-0.25, -0.2) is 0 Å². The Morgan fingerprint density at radius 1 is 0.783 bits per heavy atom. The highest BCUT2D eigenvalue weighted by Crippen LogP contribution is 2.35. The minimum atomic E-state index is 0.217. The molecule has 0 unspecified atom stereocenters. The van der Waals surface area contributed by atoms with E-state index >= 15 is 0 Å². The Balaban J connectivity index is 2.13. The lowest BCUT2D eigenvalue weighted by Crippen LogP contribution is -2.34. The van der Waals surface area contributed by atoms with E-state index in [0.717, 1.165) is 13.1 Å². The lowest BCUT2D eigenvalue weighted by Gasteiger charge is -2.32. The number of hydrogen-bond donors (Lipinski definition) is 0. The highest BCUT2D eigenvalue weighted by molar-refractivity contribution is 5.45. The second-order valence-electron chi connectivity index (χ2n) is 7.75. The van der Waals surface area contributed by atoms with Gasteiger partial charge in [0.1, 0.15) is 0 Å². The lowest BCUT2D eigenvalue weighted by molar-refractivity contribution is 0.236. The van der Waals surface area contributed by atoms with Gasteiger partial charge in [0.2, 0.25) is 0 Å². The number of allylic oxidation sites excluding steroid dienone is 4. The molecule has 0 aromatic rings. The maximum atomic E-state index is 2.39. The Hall–Kier alpha value is -2.10. The van der Waals surface area contributed by atoms with Crippen LogP contribution in [0.3, 0.4) is 0 Å². The van der Waals surface area contributed by atoms with Crippen LogP contribution in [0.4, 0.5) is 0 Å². The molecule has 4 nitrogen and oxygen atoms in total. The van der Waals surface area contributed by atoms with E-state index in [2.05, 4.69) is 98.3 Å². The number of nitrogens with zero attached hydrogens (tertiary/aromatic N) is 4. The summed E-state index contributed by atoms with van der Waals surface area (Å²) in [4.78, 5) is 9.12. The SMILES string of the molecule is CN(C)C1=CC2=C3C=C(N(C)C)C=CN3CC(C)(C)CN2C=C1. The summed E-state index contributed by atoms with van der Waals surface area (Å²) < 4.78 is 0. The van der Waals surface area contributed by atoms with Crippen LogP contribution in [0.5, 0.6) is 0 Å². The maximum absolute atomic E-state index is 2.39. The van der Waals surface area contributed by atoms with Crippen molar-refractivity contribution in [2.24, 2.45) is 5.41 Å². The summed E-state index contributed by atoms with van der Waals surface area (Å²) in [6.07, 6.45) is 13.4. The molecule has 0 bridgehead atoms. The Bertz CT molecular complexity index is 590. The maximum Gasteiger partial charge on any atom is 0.0669 e. The van der Waals surface area contributed by atoms with Gasteiger partial charge in [-0.2, -0.15) is 0 Å². The molecule has 0 N–H and O–H groups in total. The fourth-order valence-electron chi connectivity index (χ4n) is 3.28. The smallest absolute Gasteiger partial charge is 0.0669 e. The summed E-state index contributed by atoms with van der Waals surface area (Å²) in [5, 5.41) is 0. The standard InChI is InChI=1S/C19H28N4/c1-19(2)13-22-9-7-15(20(3)4)11-17(22)18-12-16(21(5)6)8-10-23(18)14-19/h7-12H,13-14H2,1-6H3. The normalized spacial score (nSPS) is 22.2. The topological polar surface area (TPSA) is 13.0 Å². The molecule has 3 rings (SSSR count). The predicted octanol–water partition coefficient (Wildman–Crippen LogP) is 2.79. The van der Waals surface area contributed by atoms with Crippen molar-refractivity contribution in [1.82, 2.24) is 19.6 Å². The van der Waals surface area contributed by atoms with Crippen LogP contribution < -0.4 is 0 Å². The highest BCUT2D eigenvalue weighted by Gasteiger charge is 2.32. The van der Waals surface area contributed by atoms with Gasteiger partial charge in [-0.3, -0.25) is 0 Å². The molecule has 4 heteroatoms. The fraction of sp³-hybridized carbons (Fsp3) is 0.474. The number of rotatable bonds is 2. The van der Waals surface area contributed by atoms with E-state index in [1.165, 1.54) is 22.8 Å².